The number of halogens is 1. The fourth-order valence-electron chi connectivity index (χ4n) is 1.84. The van der Waals surface area contributed by atoms with E-state index in [2.05, 4.69) is 26.2 Å². The maximum Gasteiger partial charge on any atom is 0.253 e. The summed E-state index contributed by atoms with van der Waals surface area (Å²) in [7, 11) is 1.66. The number of nitrogens with zero attached hydrogens (tertiary/aromatic N) is 1. The van der Waals surface area contributed by atoms with Crippen LogP contribution in [-0.4, -0.2) is 18.0 Å². The number of benzene rings is 1. The molecule has 0 fully saturated rings. The van der Waals surface area contributed by atoms with Crippen LogP contribution >= 0.6 is 15.9 Å². The lowest BCUT2D eigenvalue weighted by atomic mass is 10.1. The molecule has 1 heterocycles. The number of carbonyl (C=O) groups excluding carboxylic acids is 1. The van der Waals surface area contributed by atoms with E-state index in [1.807, 2.05) is 24.3 Å². The SMILES string of the molecule is COCc1ccccc1CNC(=O)c1cncc(Br)c1. The number of hydrogen-bond donors (Lipinski definition) is 1. The summed E-state index contributed by atoms with van der Waals surface area (Å²) in [5.41, 5.74) is 2.65. The van der Waals surface area contributed by atoms with Crippen molar-refractivity contribution in [3.8, 4) is 0 Å². The summed E-state index contributed by atoms with van der Waals surface area (Å²) >= 11 is 3.30. The number of methoxy groups -OCH3 is 1. The predicted octanol–water partition coefficient (Wildman–Crippen LogP) is 2.92. The smallest absolute Gasteiger partial charge is 0.253 e. The topological polar surface area (TPSA) is 51.2 Å². The highest BCUT2D eigenvalue weighted by Gasteiger charge is 2.07. The van der Waals surface area contributed by atoms with E-state index < -0.39 is 0 Å². The van der Waals surface area contributed by atoms with E-state index in [1.165, 1.54) is 0 Å². The van der Waals surface area contributed by atoms with Crippen molar-refractivity contribution in [1.29, 1.82) is 0 Å². The Balaban J connectivity index is 2.03. The standard InChI is InChI=1S/C15H15BrN2O2/c1-20-10-12-5-3-2-4-11(12)8-18-15(19)13-6-14(16)9-17-7-13/h2-7,9H,8,10H2,1H3,(H,18,19). The van der Waals surface area contributed by atoms with Crippen LogP contribution in [0.2, 0.25) is 0 Å². The summed E-state index contributed by atoms with van der Waals surface area (Å²) < 4.78 is 5.93. The van der Waals surface area contributed by atoms with Gasteiger partial charge in [-0.25, -0.2) is 0 Å². The Morgan fingerprint density at radius 1 is 1.30 bits per heavy atom. The second kappa shape index (κ2) is 7.17. The van der Waals surface area contributed by atoms with Gasteiger partial charge in [0, 0.05) is 30.5 Å². The van der Waals surface area contributed by atoms with E-state index in [4.69, 9.17) is 4.74 Å². The summed E-state index contributed by atoms with van der Waals surface area (Å²) in [6.45, 7) is 0.995. The molecule has 0 aliphatic heterocycles. The van der Waals surface area contributed by atoms with Gasteiger partial charge in [0.1, 0.15) is 0 Å². The maximum absolute atomic E-state index is 12.0. The van der Waals surface area contributed by atoms with Gasteiger partial charge < -0.3 is 10.1 Å². The molecule has 0 spiro atoms. The van der Waals surface area contributed by atoms with E-state index in [9.17, 15) is 4.79 Å². The largest absolute Gasteiger partial charge is 0.380 e. The Hall–Kier alpha value is -1.72. The molecule has 0 saturated heterocycles. The predicted molar refractivity (Wildman–Crippen MR) is 80.3 cm³/mol. The average Bonchev–Trinajstić information content (AvgIpc) is 2.46. The normalized spacial score (nSPS) is 10.3. The molecule has 2 aromatic rings. The van der Waals surface area contributed by atoms with Gasteiger partial charge in [-0.05, 0) is 33.1 Å². The molecule has 1 aromatic carbocycles. The van der Waals surface area contributed by atoms with Crippen molar-refractivity contribution >= 4 is 21.8 Å². The minimum absolute atomic E-state index is 0.147. The molecule has 0 aliphatic rings. The van der Waals surface area contributed by atoms with Gasteiger partial charge in [0.25, 0.3) is 5.91 Å². The molecule has 4 nitrogen and oxygen atoms in total. The number of hydrogen-bond acceptors (Lipinski definition) is 3. The van der Waals surface area contributed by atoms with E-state index in [-0.39, 0.29) is 5.91 Å². The third-order valence-electron chi connectivity index (χ3n) is 2.82. The molecule has 2 rings (SSSR count). The van der Waals surface area contributed by atoms with Gasteiger partial charge in [-0.2, -0.15) is 0 Å². The number of ether oxygens (including phenoxy) is 1. The fraction of sp³-hybridized carbons (Fsp3) is 0.200. The summed E-state index contributed by atoms with van der Waals surface area (Å²) in [5.74, 6) is -0.147. The van der Waals surface area contributed by atoms with Crippen molar-refractivity contribution in [2.24, 2.45) is 0 Å². The Kier molecular flexibility index (Phi) is 5.26. The first-order valence-electron chi connectivity index (χ1n) is 6.15. The highest BCUT2D eigenvalue weighted by atomic mass is 79.9. The summed E-state index contributed by atoms with van der Waals surface area (Å²) in [6.07, 6.45) is 3.19. The second-order valence-electron chi connectivity index (χ2n) is 4.28. The molecule has 0 bridgehead atoms. The minimum Gasteiger partial charge on any atom is -0.380 e. The van der Waals surface area contributed by atoms with E-state index >= 15 is 0 Å². The van der Waals surface area contributed by atoms with E-state index in [0.29, 0.717) is 18.7 Å². The zero-order chi connectivity index (χ0) is 14.4. The van der Waals surface area contributed by atoms with Crippen LogP contribution in [0, 0.1) is 0 Å². The van der Waals surface area contributed by atoms with Gasteiger partial charge in [0.2, 0.25) is 0 Å². The number of carbonyl (C=O) groups is 1. The Morgan fingerprint density at radius 2 is 2.05 bits per heavy atom. The summed E-state index contributed by atoms with van der Waals surface area (Å²) in [4.78, 5) is 16.0. The van der Waals surface area contributed by atoms with Crippen LogP contribution in [-0.2, 0) is 17.9 Å². The molecule has 0 aliphatic carbocycles. The van der Waals surface area contributed by atoms with Crippen LogP contribution in [0.1, 0.15) is 21.5 Å². The number of aromatic nitrogens is 1. The van der Waals surface area contributed by atoms with Gasteiger partial charge in [0.05, 0.1) is 12.2 Å². The molecular weight excluding hydrogens is 320 g/mol. The first-order chi connectivity index (χ1) is 9.70. The lowest BCUT2D eigenvalue weighted by molar-refractivity contribution is 0.0950. The molecule has 1 aromatic heterocycles. The monoisotopic (exact) mass is 334 g/mol. The quantitative estimate of drug-likeness (QED) is 0.914. The van der Waals surface area contributed by atoms with Crippen LogP contribution in [0.3, 0.4) is 0 Å². The van der Waals surface area contributed by atoms with E-state index in [1.54, 1.807) is 25.6 Å². The van der Waals surface area contributed by atoms with Crippen LogP contribution in [0.25, 0.3) is 0 Å². The van der Waals surface area contributed by atoms with Gasteiger partial charge in [-0.15, -0.1) is 0 Å². The van der Waals surface area contributed by atoms with Crippen LogP contribution in [0.5, 0.6) is 0 Å². The van der Waals surface area contributed by atoms with Crippen molar-refractivity contribution in [3.05, 3.63) is 63.9 Å². The van der Waals surface area contributed by atoms with Crippen LogP contribution < -0.4 is 5.32 Å². The van der Waals surface area contributed by atoms with E-state index in [0.717, 1.165) is 15.6 Å². The summed E-state index contributed by atoms with van der Waals surface area (Å²) in [6, 6.07) is 9.61. The molecule has 5 heteroatoms. The molecule has 0 radical (unpaired) electrons. The Bertz CT molecular complexity index is 602. The molecule has 1 N–H and O–H groups in total. The highest BCUT2D eigenvalue weighted by Crippen LogP contribution is 2.11. The number of pyridine rings is 1. The van der Waals surface area contributed by atoms with Gasteiger partial charge in [-0.1, -0.05) is 24.3 Å². The first kappa shape index (κ1) is 14.7. The van der Waals surface area contributed by atoms with Crippen LogP contribution in [0.4, 0.5) is 0 Å². The van der Waals surface area contributed by atoms with Gasteiger partial charge in [0.15, 0.2) is 0 Å². The van der Waals surface area contributed by atoms with Crippen molar-refractivity contribution in [3.63, 3.8) is 0 Å². The lowest BCUT2D eigenvalue weighted by Crippen LogP contribution is -2.23. The molecule has 1 amide bonds. The Labute approximate surface area is 126 Å². The number of rotatable bonds is 5. The maximum atomic E-state index is 12.0. The molecule has 104 valence electrons. The first-order valence-corrected chi connectivity index (χ1v) is 6.94. The second-order valence-corrected chi connectivity index (χ2v) is 5.19. The zero-order valence-corrected chi connectivity index (χ0v) is 12.7. The van der Waals surface area contributed by atoms with Crippen molar-refractivity contribution < 1.29 is 9.53 Å². The molecule has 20 heavy (non-hydrogen) atoms. The lowest BCUT2D eigenvalue weighted by Gasteiger charge is -2.10. The third kappa shape index (κ3) is 3.88. The van der Waals surface area contributed by atoms with Crippen LogP contribution in [0.15, 0.2) is 47.2 Å². The van der Waals surface area contributed by atoms with Gasteiger partial charge >= 0.3 is 0 Å². The van der Waals surface area contributed by atoms with Crippen molar-refractivity contribution in [2.45, 2.75) is 13.2 Å². The minimum atomic E-state index is -0.147. The highest BCUT2D eigenvalue weighted by molar-refractivity contribution is 9.10. The van der Waals surface area contributed by atoms with Gasteiger partial charge in [-0.3, -0.25) is 9.78 Å². The summed E-state index contributed by atoms with van der Waals surface area (Å²) in [5, 5.41) is 2.89. The molecular formula is C15H15BrN2O2. The zero-order valence-electron chi connectivity index (χ0n) is 11.1. The third-order valence-corrected chi connectivity index (χ3v) is 3.26. The average molecular weight is 335 g/mol. The Morgan fingerprint density at radius 3 is 2.75 bits per heavy atom. The fourth-order valence-corrected chi connectivity index (χ4v) is 2.20. The number of nitrogens with one attached hydrogen (secondary N) is 1. The molecule has 0 unspecified atom stereocenters. The van der Waals surface area contributed by atoms with Crippen molar-refractivity contribution in [2.75, 3.05) is 7.11 Å². The molecule has 0 atom stereocenters. The van der Waals surface area contributed by atoms with Crippen molar-refractivity contribution in [1.82, 2.24) is 10.3 Å². The number of amides is 1. The molecule has 0 saturated carbocycles.